The molecule has 0 aromatic carbocycles. The van der Waals surface area contributed by atoms with Gasteiger partial charge in [-0.25, -0.2) is 0 Å². The zero-order chi connectivity index (χ0) is 46.4. The lowest BCUT2D eigenvalue weighted by Crippen LogP contribution is -2.89. The smallest absolute Gasteiger partial charge is 0.395 e. The zero-order valence-corrected chi connectivity index (χ0v) is 49.9. The van der Waals surface area contributed by atoms with Gasteiger partial charge in [0.1, 0.15) is 0 Å². The van der Waals surface area contributed by atoms with Crippen molar-refractivity contribution in [3.8, 4) is 0 Å². The Bertz CT molecular complexity index is 1550. The number of hydrogen-bond donors (Lipinski definition) is 0. The van der Waals surface area contributed by atoms with Gasteiger partial charge in [-0.1, -0.05) is 96.9 Å². The molecule has 8 fully saturated rings. The standard InChI is InChI=1S/C38H78O16Si9/c1-27(2)20-56-43-57(21-28(3)4)46-60(24-31(9)10)48-58(44-56,22-29(5)6)50-62(26-33(13)14)51-59(45-56,23-30(7)8)49-61(47-57,25-32(11)12)53-63(52-60,54-62)42-55(15,16)34-17-18-35-36(19-34)38(40)41-37(35)39/h27-36H,17-26H2,1-16H3. The van der Waals surface area contributed by atoms with Crippen molar-refractivity contribution in [2.24, 2.45) is 53.3 Å². The highest BCUT2D eigenvalue weighted by atomic mass is 28.6. The van der Waals surface area contributed by atoms with Gasteiger partial charge in [-0.15, -0.1) is 0 Å². The summed E-state index contributed by atoms with van der Waals surface area (Å²) in [6.45, 7) is 34.1. The van der Waals surface area contributed by atoms with Gasteiger partial charge in [-0.2, -0.15) is 0 Å². The van der Waals surface area contributed by atoms with Gasteiger partial charge in [0.2, 0.25) is 0 Å². The van der Waals surface area contributed by atoms with Crippen LogP contribution in [0.3, 0.4) is 0 Å². The van der Waals surface area contributed by atoms with Crippen LogP contribution >= 0.6 is 0 Å². The van der Waals surface area contributed by atoms with Gasteiger partial charge in [0.15, 0.2) is 8.32 Å². The van der Waals surface area contributed by atoms with Crippen LogP contribution in [0.1, 0.15) is 116 Å². The van der Waals surface area contributed by atoms with E-state index in [0.717, 1.165) is 0 Å². The summed E-state index contributed by atoms with van der Waals surface area (Å²) < 4.78 is 107. The molecule has 8 aliphatic rings. The van der Waals surface area contributed by atoms with Gasteiger partial charge >= 0.3 is 82.6 Å². The molecule has 25 heteroatoms. The summed E-state index contributed by atoms with van der Waals surface area (Å²) in [6.07, 6.45) is 1.63. The predicted octanol–water partition coefficient (Wildman–Crippen LogP) is 8.95. The number of rotatable bonds is 17. The van der Waals surface area contributed by atoms with Crippen molar-refractivity contribution < 1.29 is 67.8 Å². The molecular weight excluding hydrogens is 965 g/mol. The maximum absolute atomic E-state index is 13.1. The molecule has 0 amide bonds. The van der Waals surface area contributed by atoms with Crippen LogP contribution in [-0.2, 0) is 67.8 Å². The minimum absolute atomic E-state index is 0.00764. The molecule has 16 nitrogen and oxygen atoms in total. The van der Waals surface area contributed by atoms with E-state index < -0.39 is 103 Å². The first kappa shape index (κ1) is 51.4. The van der Waals surface area contributed by atoms with E-state index in [1.807, 2.05) is 0 Å². The third kappa shape index (κ3) is 11.0. The number of cyclic esters (lactones) is 2. The summed E-state index contributed by atoms with van der Waals surface area (Å²) in [4.78, 5) is 25.8. The van der Waals surface area contributed by atoms with Crippen molar-refractivity contribution in [2.45, 2.75) is 177 Å². The topological polar surface area (TPSA) is 163 Å². The molecule has 63 heavy (non-hydrogen) atoms. The molecule has 7 aliphatic heterocycles. The Labute approximate surface area is 387 Å². The second-order valence-electron chi connectivity index (χ2n) is 22.9. The van der Waals surface area contributed by atoms with Crippen LogP contribution in [0.4, 0.5) is 0 Å². The van der Waals surface area contributed by atoms with E-state index >= 15 is 0 Å². The highest BCUT2D eigenvalue weighted by Gasteiger charge is 2.85. The van der Waals surface area contributed by atoms with E-state index in [4.69, 9.17) is 58.2 Å². The van der Waals surface area contributed by atoms with Gasteiger partial charge in [0, 0.05) is 42.3 Å². The molecule has 0 N–H and O–H groups in total. The Kier molecular flexibility index (Phi) is 14.8. The van der Waals surface area contributed by atoms with Gasteiger partial charge in [-0.3, -0.25) is 9.59 Å². The van der Waals surface area contributed by atoms with E-state index in [1.54, 1.807) is 0 Å². The summed E-state index contributed by atoms with van der Waals surface area (Å²) in [6, 6.07) is 2.72. The largest absolute Gasteiger partial charge is 0.646 e. The molecule has 362 valence electrons. The number of carbonyl (C=O) groups excluding carboxylic acids is 2. The van der Waals surface area contributed by atoms with Crippen LogP contribution in [0.15, 0.2) is 0 Å². The first-order valence-electron chi connectivity index (χ1n) is 23.9. The Morgan fingerprint density at radius 3 is 0.952 bits per heavy atom. The lowest BCUT2D eigenvalue weighted by molar-refractivity contribution is -0.153. The predicted molar refractivity (Wildman–Crippen MR) is 251 cm³/mol. The van der Waals surface area contributed by atoms with Crippen molar-refractivity contribution in [2.75, 3.05) is 0 Å². The number of ether oxygens (including phenoxy) is 1. The van der Waals surface area contributed by atoms with E-state index in [9.17, 15) is 9.59 Å². The maximum atomic E-state index is 13.1. The van der Waals surface area contributed by atoms with Crippen molar-refractivity contribution >= 4 is 90.9 Å². The molecule has 0 aromatic heterocycles. The molecule has 3 unspecified atom stereocenters. The zero-order valence-electron chi connectivity index (χ0n) is 40.9. The number of esters is 2. The van der Waals surface area contributed by atoms with Crippen LogP contribution < -0.4 is 0 Å². The Balaban J connectivity index is 1.54. The third-order valence-corrected chi connectivity index (χ3v) is 56.2. The van der Waals surface area contributed by atoms with E-state index in [0.29, 0.717) is 61.6 Å². The van der Waals surface area contributed by atoms with E-state index in [1.165, 1.54) is 0 Å². The quantitative estimate of drug-likeness (QED) is 0.0770. The van der Waals surface area contributed by atoms with Crippen LogP contribution in [-0.4, -0.2) is 90.9 Å². The Hall–Kier alpha value is 0.572. The van der Waals surface area contributed by atoms with Gasteiger partial charge in [-0.05, 0) is 79.3 Å². The normalized spacial score (nSPS) is 42.7. The third-order valence-electron chi connectivity index (χ3n) is 12.3. The summed E-state index contributed by atoms with van der Waals surface area (Å²) in [7, 11) is -36.5. The second kappa shape index (κ2) is 18.1. The van der Waals surface area contributed by atoms with Crippen molar-refractivity contribution in [3.05, 3.63) is 0 Å². The molecule has 8 rings (SSSR count). The molecule has 3 atom stereocenters. The van der Waals surface area contributed by atoms with E-state index in [2.05, 4.69) is 110 Å². The monoisotopic (exact) mass is 1040 g/mol. The molecule has 1 saturated carbocycles. The van der Waals surface area contributed by atoms with Crippen LogP contribution in [0.2, 0.25) is 60.9 Å². The van der Waals surface area contributed by atoms with Crippen molar-refractivity contribution in [3.63, 3.8) is 0 Å². The van der Waals surface area contributed by atoms with Crippen LogP contribution in [0, 0.1) is 53.3 Å². The average Bonchev–Trinajstić information content (AvgIpc) is 3.30. The van der Waals surface area contributed by atoms with Gasteiger partial charge < -0.3 is 58.2 Å². The molecule has 8 bridgehead atoms. The molecule has 0 radical (unpaired) electrons. The second-order valence-corrected chi connectivity index (χ2v) is 50.9. The first-order valence-corrected chi connectivity index (χ1v) is 42.0. The van der Waals surface area contributed by atoms with Crippen LogP contribution in [0.5, 0.6) is 0 Å². The molecule has 1 aliphatic carbocycles. The summed E-state index contributed by atoms with van der Waals surface area (Å²) in [5.74, 6) is -1.61. The number of hydrogen-bond acceptors (Lipinski definition) is 16. The van der Waals surface area contributed by atoms with Gasteiger partial charge in [0.25, 0.3) is 0 Å². The molecule has 7 saturated heterocycles. The fraction of sp³-hybridized carbons (Fsp3) is 0.947. The lowest BCUT2D eigenvalue weighted by atomic mass is 9.81. The fourth-order valence-corrected chi connectivity index (χ4v) is 65.8. The molecular formula is C38H78O16Si9. The molecule has 0 aromatic rings. The highest BCUT2D eigenvalue weighted by molar-refractivity contribution is 7.03. The molecule has 7 heterocycles. The lowest BCUT2D eigenvalue weighted by Gasteiger charge is -2.63. The molecule has 0 spiro atoms. The minimum Gasteiger partial charge on any atom is -0.395 e. The number of carbonyl (C=O) groups is 2. The van der Waals surface area contributed by atoms with Crippen molar-refractivity contribution in [1.29, 1.82) is 0 Å². The van der Waals surface area contributed by atoms with Crippen LogP contribution in [0.25, 0.3) is 0 Å². The highest BCUT2D eigenvalue weighted by Crippen LogP contribution is 2.57. The summed E-state index contributed by atoms with van der Waals surface area (Å²) in [5, 5.41) is 0. The van der Waals surface area contributed by atoms with Gasteiger partial charge in [0.05, 0.1) is 11.8 Å². The Morgan fingerprint density at radius 1 is 0.429 bits per heavy atom. The van der Waals surface area contributed by atoms with Crippen molar-refractivity contribution in [1.82, 2.24) is 0 Å². The average molecular weight is 1040 g/mol. The minimum atomic E-state index is -4.69. The Morgan fingerprint density at radius 2 is 0.683 bits per heavy atom. The summed E-state index contributed by atoms with van der Waals surface area (Å²) in [5.41, 5.74) is -0.0867. The summed E-state index contributed by atoms with van der Waals surface area (Å²) >= 11 is 0. The maximum Gasteiger partial charge on any atom is 0.646 e. The van der Waals surface area contributed by atoms with E-state index in [-0.39, 0.29) is 47.0 Å². The fourth-order valence-electron chi connectivity index (χ4n) is 10.6. The number of fused-ring (bicyclic) bond motifs is 1. The SMILES string of the molecule is CC(C)C[Si]12O[Si]3(CC(C)C)O[Si]4(CC(C)C)O[Si](CC(C)C)(O1)O[Si]1(CC(C)C)O[Si](CC(C)C)(O2)O[Si](CC(C)C)(O3)O[Si](O[Si](C)(C)C2CCC3C(=O)OC(=O)C3C2)(O4)O1. The first-order chi connectivity index (χ1) is 29.0.